The van der Waals surface area contributed by atoms with Crippen molar-refractivity contribution in [2.24, 2.45) is 7.05 Å². The van der Waals surface area contributed by atoms with Crippen LogP contribution in [0, 0.1) is 13.8 Å². The van der Waals surface area contributed by atoms with E-state index < -0.39 is 0 Å². The van der Waals surface area contributed by atoms with Gasteiger partial charge in [0.2, 0.25) is 5.78 Å². The highest BCUT2D eigenvalue weighted by Gasteiger charge is 2.18. The molecule has 15 heavy (non-hydrogen) atoms. The Balaban J connectivity index is 2.51. The molecule has 0 spiro atoms. The average Bonchev–Trinajstić information content (AvgIpc) is 2.76. The first kappa shape index (κ1) is 9.71. The first-order valence-corrected chi connectivity index (χ1v) is 4.79. The predicted octanol–water partition coefficient (Wildman–Crippen LogP) is 1.60. The molecule has 0 atom stereocenters. The fourth-order valence-corrected chi connectivity index (χ4v) is 1.71. The standard InChI is InChI=1S/C11H13N3O/c1-7-10(8(2)14(3)13-7)11(15)9-5-4-6-12-9/h4-6,12H,1-3H3. The maximum absolute atomic E-state index is 12.1. The van der Waals surface area contributed by atoms with Gasteiger partial charge in [0, 0.05) is 18.9 Å². The molecule has 2 aromatic heterocycles. The highest BCUT2D eigenvalue weighted by atomic mass is 16.1. The van der Waals surface area contributed by atoms with Gasteiger partial charge in [0.05, 0.1) is 17.0 Å². The Morgan fingerprint density at radius 2 is 2.20 bits per heavy atom. The lowest BCUT2D eigenvalue weighted by Crippen LogP contribution is -2.05. The minimum atomic E-state index is 0.00287. The molecule has 2 aromatic rings. The number of aryl methyl sites for hydroxylation is 2. The summed E-state index contributed by atoms with van der Waals surface area (Å²) in [5.41, 5.74) is 2.97. The van der Waals surface area contributed by atoms with Crippen molar-refractivity contribution < 1.29 is 4.79 Å². The number of carbonyl (C=O) groups is 1. The van der Waals surface area contributed by atoms with Gasteiger partial charge in [-0.2, -0.15) is 5.10 Å². The van der Waals surface area contributed by atoms with Gasteiger partial charge in [-0.25, -0.2) is 0 Å². The van der Waals surface area contributed by atoms with Gasteiger partial charge in [0.1, 0.15) is 0 Å². The second-order valence-corrected chi connectivity index (χ2v) is 3.58. The van der Waals surface area contributed by atoms with Crippen molar-refractivity contribution in [2.45, 2.75) is 13.8 Å². The van der Waals surface area contributed by atoms with Gasteiger partial charge in [0.15, 0.2) is 0 Å². The molecule has 0 unspecified atom stereocenters. The van der Waals surface area contributed by atoms with Gasteiger partial charge in [0.25, 0.3) is 0 Å². The predicted molar refractivity (Wildman–Crippen MR) is 56.9 cm³/mol. The van der Waals surface area contributed by atoms with Crippen molar-refractivity contribution in [3.63, 3.8) is 0 Å². The Hall–Kier alpha value is -1.84. The second-order valence-electron chi connectivity index (χ2n) is 3.58. The summed E-state index contributed by atoms with van der Waals surface area (Å²) in [6.45, 7) is 3.75. The van der Waals surface area contributed by atoms with Crippen LogP contribution in [0.5, 0.6) is 0 Å². The minimum Gasteiger partial charge on any atom is -0.359 e. The second kappa shape index (κ2) is 3.38. The summed E-state index contributed by atoms with van der Waals surface area (Å²) >= 11 is 0. The number of nitrogens with one attached hydrogen (secondary N) is 1. The normalized spacial score (nSPS) is 10.6. The highest BCUT2D eigenvalue weighted by molar-refractivity contribution is 6.09. The molecule has 2 heterocycles. The molecule has 0 fully saturated rings. The molecule has 0 amide bonds. The van der Waals surface area contributed by atoms with E-state index >= 15 is 0 Å². The van der Waals surface area contributed by atoms with Gasteiger partial charge >= 0.3 is 0 Å². The fourth-order valence-electron chi connectivity index (χ4n) is 1.71. The highest BCUT2D eigenvalue weighted by Crippen LogP contribution is 2.15. The molecule has 0 radical (unpaired) electrons. The number of hydrogen-bond donors (Lipinski definition) is 1. The van der Waals surface area contributed by atoms with E-state index in [4.69, 9.17) is 0 Å². The average molecular weight is 203 g/mol. The van der Waals surface area contributed by atoms with Crippen LogP contribution in [0.3, 0.4) is 0 Å². The van der Waals surface area contributed by atoms with E-state index in [1.54, 1.807) is 16.9 Å². The summed E-state index contributed by atoms with van der Waals surface area (Å²) < 4.78 is 1.73. The zero-order valence-corrected chi connectivity index (χ0v) is 9.03. The van der Waals surface area contributed by atoms with Crippen LogP contribution in [-0.2, 0) is 7.05 Å². The van der Waals surface area contributed by atoms with E-state index in [-0.39, 0.29) is 5.78 Å². The molecule has 4 heteroatoms. The Morgan fingerprint density at radius 1 is 1.47 bits per heavy atom. The first-order valence-electron chi connectivity index (χ1n) is 4.79. The van der Waals surface area contributed by atoms with Crippen LogP contribution in [0.25, 0.3) is 0 Å². The lowest BCUT2D eigenvalue weighted by molar-refractivity contribution is 0.103. The van der Waals surface area contributed by atoms with E-state index in [0.29, 0.717) is 11.3 Å². The molecular formula is C11H13N3O. The molecule has 0 aromatic carbocycles. The molecule has 2 rings (SSSR count). The summed E-state index contributed by atoms with van der Waals surface area (Å²) in [6, 6.07) is 3.59. The summed E-state index contributed by atoms with van der Waals surface area (Å²) in [6.07, 6.45) is 1.74. The molecule has 0 bridgehead atoms. The SMILES string of the molecule is Cc1nn(C)c(C)c1C(=O)c1ccc[nH]1. The zero-order valence-electron chi connectivity index (χ0n) is 9.03. The van der Waals surface area contributed by atoms with E-state index in [1.165, 1.54) is 0 Å². The molecule has 0 aliphatic carbocycles. The maximum Gasteiger partial charge on any atom is 0.212 e. The Morgan fingerprint density at radius 3 is 2.67 bits per heavy atom. The lowest BCUT2D eigenvalue weighted by atomic mass is 10.1. The van der Waals surface area contributed by atoms with Crippen molar-refractivity contribution in [1.82, 2.24) is 14.8 Å². The van der Waals surface area contributed by atoms with Gasteiger partial charge in [-0.3, -0.25) is 9.48 Å². The molecule has 1 N–H and O–H groups in total. The van der Waals surface area contributed by atoms with Gasteiger partial charge in [-0.15, -0.1) is 0 Å². The number of nitrogens with zero attached hydrogens (tertiary/aromatic N) is 2. The summed E-state index contributed by atoms with van der Waals surface area (Å²) in [5, 5.41) is 4.22. The molecule has 0 aliphatic rings. The van der Waals surface area contributed by atoms with Crippen LogP contribution in [0.15, 0.2) is 18.3 Å². The molecule has 4 nitrogen and oxygen atoms in total. The number of aromatic amines is 1. The Kier molecular flexibility index (Phi) is 2.19. The third-order valence-electron chi connectivity index (χ3n) is 2.58. The number of hydrogen-bond acceptors (Lipinski definition) is 2. The molecule has 78 valence electrons. The molecule has 0 saturated heterocycles. The summed E-state index contributed by atoms with van der Waals surface area (Å²) in [7, 11) is 1.84. The van der Waals surface area contributed by atoms with Crippen molar-refractivity contribution in [1.29, 1.82) is 0 Å². The van der Waals surface area contributed by atoms with Crippen molar-refractivity contribution in [3.05, 3.63) is 41.0 Å². The lowest BCUT2D eigenvalue weighted by Gasteiger charge is -1.98. The summed E-state index contributed by atoms with van der Waals surface area (Å²) in [4.78, 5) is 15.0. The number of rotatable bonds is 2. The number of ketones is 1. The van der Waals surface area contributed by atoms with Crippen LogP contribution >= 0.6 is 0 Å². The smallest absolute Gasteiger partial charge is 0.212 e. The van der Waals surface area contributed by atoms with Crippen LogP contribution < -0.4 is 0 Å². The van der Waals surface area contributed by atoms with Crippen molar-refractivity contribution >= 4 is 5.78 Å². The van der Waals surface area contributed by atoms with E-state index in [0.717, 1.165) is 11.4 Å². The van der Waals surface area contributed by atoms with Crippen LogP contribution in [-0.4, -0.2) is 20.5 Å². The zero-order chi connectivity index (χ0) is 11.0. The van der Waals surface area contributed by atoms with Crippen LogP contribution in [0.1, 0.15) is 27.4 Å². The fraction of sp³-hybridized carbons (Fsp3) is 0.273. The monoisotopic (exact) mass is 203 g/mol. The largest absolute Gasteiger partial charge is 0.359 e. The van der Waals surface area contributed by atoms with Crippen LogP contribution in [0.4, 0.5) is 0 Å². The number of H-pyrrole nitrogens is 1. The minimum absolute atomic E-state index is 0.00287. The first-order chi connectivity index (χ1) is 7.11. The maximum atomic E-state index is 12.1. The number of carbonyl (C=O) groups excluding carboxylic acids is 1. The molecule has 0 aliphatic heterocycles. The van der Waals surface area contributed by atoms with E-state index in [1.807, 2.05) is 27.0 Å². The van der Waals surface area contributed by atoms with Crippen molar-refractivity contribution in [2.75, 3.05) is 0 Å². The Bertz CT molecular complexity index is 494. The van der Waals surface area contributed by atoms with Crippen LogP contribution in [0.2, 0.25) is 0 Å². The quantitative estimate of drug-likeness (QED) is 0.753. The number of aromatic nitrogens is 3. The molecule has 0 saturated carbocycles. The van der Waals surface area contributed by atoms with Crippen molar-refractivity contribution in [3.8, 4) is 0 Å². The Labute approximate surface area is 87.9 Å². The van der Waals surface area contributed by atoms with Gasteiger partial charge in [-0.1, -0.05) is 0 Å². The van der Waals surface area contributed by atoms with Gasteiger partial charge in [-0.05, 0) is 26.0 Å². The topological polar surface area (TPSA) is 50.7 Å². The third-order valence-corrected chi connectivity index (χ3v) is 2.58. The molecular weight excluding hydrogens is 190 g/mol. The van der Waals surface area contributed by atoms with E-state index in [2.05, 4.69) is 10.1 Å². The van der Waals surface area contributed by atoms with E-state index in [9.17, 15) is 4.79 Å². The summed E-state index contributed by atoms with van der Waals surface area (Å²) in [5.74, 6) is 0.00287. The third kappa shape index (κ3) is 1.48. The van der Waals surface area contributed by atoms with Gasteiger partial charge < -0.3 is 4.98 Å².